The average molecular weight is 184 g/mol. The van der Waals surface area contributed by atoms with E-state index in [1.165, 1.54) is 0 Å². The lowest BCUT2D eigenvalue weighted by atomic mass is 10.2. The monoisotopic (exact) mass is 184 g/mol. The molecule has 66 valence electrons. The van der Waals surface area contributed by atoms with Gasteiger partial charge in [-0.05, 0) is 24.3 Å². The molecule has 0 saturated carbocycles. The second-order valence-electron chi connectivity index (χ2n) is 1.80. The topological polar surface area (TPSA) is 26.3 Å². The summed E-state index contributed by atoms with van der Waals surface area (Å²) in [7, 11) is 2.14. The lowest BCUT2D eigenvalue weighted by Gasteiger charge is -1.96. The first-order valence-electron chi connectivity index (χ1n) is 3.79. The van der Waals surface area contributed by atoms with Gasteiger partial charge in [0.15, 0.2) is 0 Å². The zero-order valence-corrected chi connectivity index (χ0v) is 8.44. The molecule has 1 rings (SSSR count). The Kier molecular flexibility index (Phi) is 6.31. The van der Waals surface area contributed by atoms with E-state index in [1.54, 1.807) is 24.3 Å². The van der Waals surface area contributed by atoms with Crippen LogP contribution in [0.4, 0.5) is 0 Å². The first kappa shape index (κ1) is 11.1. The van der Waals surface area contributed by atoms with Crippen LogP contribution in [-0.2, 0) is 0 Å². The highest BCUT2D eigenvalue weighted by molar-refractivity contribution is 7.10. The minimum atomic E-state index is 0.658. The Bertz CT molecular complexity index is 218. The smallest absolute Gasteiger partial charge is 0.150 e. The van der Waals surface area contributed by atoms with Gasteiger partial charge in [0.2, 0.25) is 0 Å². The molecule has 3 heteroatoms. The fraction of sp³-hybridized carbons (Fsp3) is 0.222. The lowest BCUT2D eigenvalue weighted by molar-refractivity contribution is 0.112. The van der Waals surface area contributed by atoms with Crippen molar-refractivity contribution >= 4 is 15.8 Å². The molecule has 0 aliphatic carbocycles. The van der Waals surface area contributed by atoms with Gasteiger partial charge in [0.1, 0.15) is 12.0 Å². The predicted molar refractivity (Wildman–Crippen MR) is 53.5 cm³/mol. The van der Waals surface area contributed by atoms with Gasteiger partial charge in [0.05, 0.1) is 9.47 Å². The van der Waals surface area contributed by atoms with E-state index in [4.69, 9.17) is 4.52 Å². The van der Waals surface area contributed by atoms with Crippen molar-refractivity contribution < 1.29 is 9.32 Å². The van der Waals surface area contributed by atoms with Gasteiger partial charge in [-0.15, -0.1) is 0 Å². The van der Waals surface area contributed by atoms with Gasteiger partial charge in [-0.25, -0.2) is 0 Å². The molecule has 1 aromatic rings. The van der Waals surface area contributed by atoms with E-state index < -0.39 is 0 Å². The minimum absolute atomic E-state index is 0.658. The molecule has 12 heavy (non-hydrogen) atoms. The average Bonchev–Trinajstić information content (AvgIpc) is 2.21. The van der Waals surface area contributed by atoms with Crippen LogP contribution in [0.3, 0.4) is 0 Å². The molecule has 1 aromatic carbocycles. The molecule has 0 aliphatic heterocycles. The van der Waals surface area contributed by atoms with Crippen molar-refractivity contribution in [2.24, 2.45) is 0 Å². The van der Waals surface area contributed by atoms with Crippen LogP contribution in [0.15, 0.2) is 24.3 Å². The number of carbonyl (C=O) groups excluding carboxylic acids is 1. The van der Waals surface area contributed by atoms with Crippen LogP contribution in [0.25, 0.3) is 0 Å². The standard InChI is InChI=1S/C7H7O2P.C2H6/c8-5-6-1-3-7(9-10)4-2-6;1-2/h1-5H,10H2;1-2H3. The summed E-state index contributed by atoms with van der Waals surface area (Å²) in [4.78, 5) is 10.2. The van der Waals surface area contributed by atoms with Crippen LogP contribution in [0.2, 0.25) is 0 Å². The Hall–Kier alpha value is -0.880. The van der Waals surface area contributed by atoms with E-state index in [-0.39, 0.29) is 0 Å². The quantitative estimate of drug-likeness (QED) is 0.521. The Morgan fingerprint density at radius 1 is 1.25 bits per heavy atom. The number of hydrogen-bond acceptors (Lipinski definition) is 2. The number of benzene rings is 1. The largest absolute Gasteiger partial charge is 0.480 e. The Morgan fingerprint density at radius 3 is 2.08 bits per heavy atom. The molecule has 1 atom stereocenters. The summed E-state index contributed by atoms with van der Waals surface area (Å²) in [5.74, 6) is 0.732. The highest BCUT2D eigenvalue weighted by Crippen LogP contribution is 2.12. The number of hydrogen-bond donors (Lipinski definition) is 0. The van der Waals surface area contributed by atoms with E-state index in [9.17, 15) is 4.79 Å². The van der Waals surface area contributed by atoms with E-state index in [2.05, 4.69) is 9.47 Å². The molecule has 0 aliphatic rings. The normalized spacial score (nSPS) is 7.92. The van der Waals surface area contributed by atoms with Crippen LogP contribution < -0.4 is 4.52 Å². The van der Waals surface area contributed by atoms with E-state index in [0.717, 1.165) is 12.0 Å². The predicted octanol–water partition coefficient (Wildman–Crippen LogP) is 2.69. The maximum atomic E-state index is 10.2. The van der Waals surface area contributed by atoms with Gasteiger partial charge in [-0.2, -0.15) is 0 Å². The zero-order chi connectivity index (χ0) is 9.40. The van der Waals surface area contributed by atoms with Crippen molar-refractivity contribution in [1.82, 2.24) is 0 Å². The molecule has 0 amide bonds. The molecule has 0 fully saturated rings. The number of aldehydes is 1. The molecule has 0 saturated heterocycles. The lowest BCUT2D eigenvalue weighted by Crippen LogP contribution is -1.78. The minimum Gasteiger partial charge on any atom is -0.480 e. The summed E-state index contributed by atoms with van der Waals surface area (Å²) in [5.41, 5.74) is 0.658. The maximum absolute atomic E-state index is 10.2. The zero-order valence-electron chi connectivity index (χ0n) is 7.28. The molecular weight excluding hydrogens is 171 g/mol. The van der Waals surface area contributed by atoms with Gasteiger partial charge < -0.3 is 4.52 Å². The van der Waals surface area contributed by atoms with E-state index >= 15 is 0 Å². The highest BCUT2D eigenvalue weighted by Gasteiger charge is 1.89. The van der Waals surface area contributed by atoms with Crippen LogP contribution in [0, 0.1) is 0 Å². The second kappa shape index (κ2) is 6.81. The fourth-order valence-electron chi connectivity index (χ4n) is 0.625. The molecule has 1 unspecified atom stereocenters. The van der Waals surface area contributed by atoms with Crippen molar-refractivity contribution in [3.63, 3.8) is 0 Å². The third kappa shape index (κ3) is 3.49. The number of carbonyl (C=O) groups is 1. The van der Waals surface area contributed by atoms with Crippen molar-refractivity contribution in [1.29, 1.82) is 0 Å². The van der Waals surface area contributed by atoms with Gasteiger partial charge in [0, 0.05) is 5.56 Å². The molecule has 0 spiro atoms. The molecule has 2 nitrogen and oxygen atoms in total. The summed E-state index contributed by atoms with van der Waals surface area (Å²) in [6.07, 6.45) is 0.798. The van der Waals surface area contributed by atoms with Crippen molar-refractivity contribution in [2.75, 3.05) is 0 Å². The van der Waals surface area contributed by atoms with Crippen molar-refractivity contribution in [2.45, 2.75) is 13.8 Å². The van der Waals surface area contributed by atoms with Crippen LogP contribution in [0.1, 0.15) is 24.2 Å². The number of rotatable bonds is 2. The molecule has 0 aromatic heterocycles. The molecular formula is C9H13O2P. The third-order valence-corrected chi connectivity index (χ3v) is 1.42. The SMILES string of the molecule is CC.O=Cc1ccc(OP)cc1. The maximum Gasteiger partial charge on any atom is 0.150 e. The van der Waals surface area contributed by atoms with Crippen LogP contribution >= 0.6 is 9.47 Å². The summed E-state index contributed by atoms with van der Waals surface area (Å²) in [6, 6.07) is 6.87. The molecule has 0 bridgehead atoms. The Labute approximate surface area is 75.2 Å². The Morgan fingerprint density at radius 2 is 1.75 bits per heavy atom. The summed E-state index contributed by atoms with van der Waals surface area (Å²) < 4.78 is 4.81. The van der Waals surface area contributed by atoms with Gasteiger partial charge >= 0.3 is 0 Å². The first-order chi connectivity index (χ1) is 5.86. The van der Waals surface area contributed by atoms with Gasteiger partial charge in [-0.1, -0.05) is 13.8 Å². The van der Waals surface area contributed by atoms with E-state index in [0.29, 0.717) is 5.56 Å². The first-order valence-corrected chi connectivity index (χ1v) is 4.26. The third-order valence-electron chi connectivity index (χ3n) is 1.15. The van der Waals surface area contributed by atoms with Crippen molar-refractivity contribution in [3.8, 4) is 5.75 Å². The highest BCUT2D eigenvalue weighted by atomic mass is 31.0. The summed E-state index contributed by atoms with van der Waals surface area (Å²) in [6.45, 7) is 4.00. The van der Waals surface area contributed by atoms with Crippen molar-refractivity contribution in [3.05, 3.63) is 29.8 Å². The second-order valence-corrected chi connectivity index (χ2v) is 2.04. The van der Waals surface area contributed by atoms with Gasteiger partial charge in [0.25, 0.3) is 0 Å². The molecule has 0 N–H and O–H groups in total. The summed E-state index contributed by atoms with van der Waals surface area (Å²) in [5, 5.41) is 0. The van der Waals surface area contributed by atoms with Gasteiger partial charge in [-0.3, -0.25) is 4.79 Å². The van der Waals surface area contributed by atoms with Crippen LogP contribution in [-0.4, -0.2) is 6.29 Å². The van der Waals surface area contributed by atoms with E-state index in [1.807, 2.05) is 13.8 Å². The summed E-state index contributed by atoms with van der Waals surface area (Å²) >= 11 is 0. The Balaban J connectivity index is 0.000000561. The fourth-order valence-corrected chi connectivity index (χ4v) is 0.782. The molecule has 0 radical (unpaired) electrons. The molecule has 0 heterocycles. The van der Waals surface area contributed by atoms with Crippen LogP contribution in [0.5, 0.6) is 5.75 Å².